The van der Waals surface area contributed by atoms with Gasteiger partial charge in [0.1, 0.15) is 10.7 Å². The van der Waals surface area contributed by atoms with Crippen LogP contribution in [-0.2, 0) is 10.0 Å². The van der Waals surface area contributed by atoms with E-state index in [4.69, 9.17) is 17.3 Å². The van der Waals surface area contributed by atoms with Gasteiger partial charge in [-0.05, 0) is 36.8 Å². The molecule has 20 heavy (non-hydrogen) atoms. The summed E-state index contributed by atoms with van der Waals surface area (Å²) in [4.78, 5) is -0.149. The van der Waals surface area contributed by atoms with Crippen molar-refractivity contribution in [2.45, 2.75) is 11.8 Å². The Hall–Kier alpha value is -1.79. The lowest BCUT2D eigenvalue weighted by atomic mass is 10.2. The second kappa shape index (κ2) is 5.30. The normalized spacial score (nSPS) is 11.3. The first-order valence-electron chi connectivity index (χ1n) is 5.64. The van der Waals surface area contributed by atoms with Gasteiger partial charge >= 0.3 is 0 Å². The maximum Gasteiger partial charge on any atom is 0.264 e. The molecule has 0 amide bonds. The molecule has 0 saturated heterocycles. The summed E-state index contributed by atoms with van der Waals surface area (Å²) in [6.07, 6.45) is 0. The summed E-state index contributed by atoms with van der Waals surface area (Å²) < 4.78 is 40.4. The highest BCUT2D eigenvalue weighted by molar-refractivity contribution is 7.92. The number of anilines is 2. The van der Waals surface area contributed by atoms with Gasteiger partial charge in [0.25, 0.3) is 10.0 Å². The largest absolute Gasteiger partial charge is 0.398 e. The van der Waals surface area contributed by atoms with Gasteiger partial charge < -0.3 is 5.73 Å². The number of hydrogen-bond acceptors (Lipinski definition) is 3. The second-order valence-corrected chi connectivity index (χ2v) is 6.31. The predicted octanol–water partition coefficient (Wildman–Crippen LogP) is 3.17. The highest BCUT2D eigenvalue weighted by atomic mass is 35.5. The fourth-order valence-electron chi connectivity index (χ4n) is 1.71. The zero-order valence-electron chi connectivity index (χ0n) is 10.5. The van der Waals surface area contributed by atoms with E-state index in [9.17, 15) is 12.8 Å². The van der Waals surface area contributed by atoms with Crippen LogP contribution in [0.3, 0.4) is 0 Å². The lowest BCUT2D eigenvalue weighted by Crippen LogP contribution is -2.16. The van der Waals surface area contributed by atoms with Gasteiger partial charge in [0, 0.05) is 5.02 Å². The van der Waals surface area contributed by atoms with Crippen LogP contribution in [0.15, 0.2) is 41.3 Å². The summed E-state index contributed by atoms with van der Waals surface area (Å²) in [7, 11) is -3.98. The quantitative estimate of drug-likeness (QED) is 0.855. The third kappa shape index (κ3) is 2.86. The van der Waals surface area contributed by atoms with Gasteiger partial charge in [0.15, 0.2) is 0 Å². The lowest BCUT2D eigenvalue weighted by molar-refractivity contribution is 0.598. The topological polar surface area (TPSA) is 72.2 Å². The molecule has 4 nitrogen and oxygen atoms in total. The van der Waals surface area contributed by atoms with Gasteiger partial charge in [-0.2, -0.15) is 0 Å². The van der Waals surface area contributed by atoms with Crippen LogP contribution in [0.25, 0.3) is 0 Å². The number of hydrogen-bond donors (Lipinski definition) is 2. The van der Waals surface area contributed by atoms with Gasteiger partial charge in [-0.25, -0.2) is 12.8 Å². The molecule has 0 aromatic heterocycles. The first-order valence-corrected chi connectivity index (χ1v) is 7.50. The summed E-state index contributed by atoms with van der Waals surface area (Å²) in [5.41, 5.74) is 6.02. The van der Waals surface area contributed by atoms with Crippen LogP contribution in [0.2, 0.25) is 5.02 Å². The molecular formula is C13H12ClFN2O2S. The Kier molecular flexibility index (Phi) is 3.87. The number of nitrogens with one attached hydrogen (secondary N) is 1. The average Bonchev–Trinajstić information content (AvgIpc) is 2.33. The van der Waals surface area contributed by atoms with E-state index in [0.717, 1.165) is 0 Å². The van der Waals surface area contributed by atoms with Crippen molar-refractivity contribution in [1.82, 2.24) is 0 Å². The van der Waals surface area contributed by atoms with Crippen LogP contribution >= 0.6 is 11.6 Å². The molecule has 106 valence electrons. The highest BCUT2D eigenvalue weighted by Gasteiger charge is 2.20. The van der Waals surface area contributed by atoms with E-state index in [0.29, 0.717) is 10.6 Å². The Morgan fingerprint density at radius 2 is 1.95 bits per heavy atom. The maximum absolute atomic E-state index is 13.7. The summed E-state index contributed by atoms with van der Waals surface area (Å²) >= 11 is 5.72. The van der Waals surface area contributed by atoms with E-state index in [-0.39, 0.29) is 16.3 Å². The van der Waals surface area contributed by atoms with Gasteiger partial charge in [-0.1, -0.05) is 23.7 Å². The number of sulfonamides is 1. The van der Waals surface area contributed by atoms with E-state index >= 15 is 0 Å². The van der Waals surface area contributed by atoms with Crippen LogP contribution in [-0.4, -0.2) is 8.42 Å². The molecule has 0 aliphatic carbocycles. The summed E-state index contributed by atoms with van der Waals surface area (Å²) in [5, 5.41) is 0.323. The van der Waals surface area contributed by atoms with Crippen molar-refractivity contribution < 1.29 is 12.8 Å². The van der Waals surface area contributed by atoms with Crippen molar-refractivity contribution in [2.75, 3.05) is 10.5 Å². The monoisotopic (exact) mass is 314 g/mol. The van der Waals surface area contributed by atoms with Gasteiger partial charge in [-0.3, -0.25) is 4.72 Å². The molecule has 0 atom stereocenters. The number of aryl methyl sites for hydroxylation is 1. The summed E-state index contributed by atoms with van der Waals surface area (Å²) in [6, 6.07) is 8.28. The summed E-state index contributed by atoms with van der Waals surface area (Å²) in [5.74, 6) is -0.652. The van der Waals surface area contributed by atoms with Crippen LogP contribution < -0.4 is 10.5 Å². The molecule has 0 bridgehead atoms. The van der Waals surface area contributed by atoms with Crippen molar-refractivity contribution in [3.05, 3.63) is 52.8 Å². The van der Waals surface area contributed by atoms with Gasteiger partial charge in [0.2, 0.25) is 0 Å². The molecular weight excluding hydrogens is 303 g/mol. The van der Waals surface area contributed by atoms with E-state index < -0.39 is 15.8 Å². The van der Waals surface area contributed by atoms with Gasteiger partial charge in [0.05, 0.1) is 11.4 Å². The molecule has 0 saturated carbocycles. The molecule has 0 aliphatic rings. The molecule has 0 aliphatic heterocycles. The Bertz CT molecular complexity index is 743. The number of nitrogens with two attached hydrogens (primary N) is 1. The minimum absolute atomic E-state index is 0.000933. The van der Waals surface area contributed by atoms with Crippen LogP contribution in [0.5, 0.6) is 0 Å². The Labute approximate surface area is 121 Å². The van der Waals surface area contributed by atoms with Crippen molar-refractivity contribution in [1.29, 1.82) is 0 Å². The molecule has 3 N–H and O–H groups in total. The molecule has 0 radical (unpaired) electrons. The standard InChI is InChI=1S/C13H12ClFN2O2S/c1-8-3-2-4-10(15)13(8)17-20(18,19)12-6-5-9(14)7-11(12)16/h2-7,17H,16H2,1H3. The minimum Gasteiger partial charge on any atom is -0.398 e. The fraction of sp³-hybridized carbons (Fsp3) is 0.0769. The van der Waals surface area contributed by atoms with Crippen LogP contribution in [0, 0.1) is 12.7 Å². The molecule has 2 aromatic carbocycles. The smallest absolute Gasteiger partial charge is 0.264 e. The molecule has 0 heterocycles. The molecule has 0 unspecified atom stereocenters. The zero-order valence-corrected chi connectivity index (χ0v) is 12.1. The van der Waals surface area contributed by atoms with E-state index in [1.165, 1.54) is 30.3 Å². The Morgan fingerprint density at radius 3 is 2.55 bits per heavy atom. The van der Waals surface area contributed by atoms with Crippen molar-refractivity contribution in [3.8, 4) is 0 Å². The Morgan fingerprint density at radius 1 is 1.25 bits per heavy atom. The zero-order chi connectivity index (χ0) is 14.9. The van der Waals surface area contributed by atoms with Crippen molar-refractivity contribution in [3.63, 3.8) is 0 Å². The van der Waals surface area contributed by atoms with Crippen molar-refractivity contribution in [2.24, 2.45) is 0 Å². The van der Waals surface area contributed by atoms with Crippen LogP contribution in [0.1, 0.15) is 5.56 Å². The average molecular weight is 315 g/mol. The number of para-hydroxylation sites is 1. The third-order valence-electron chi connectivity index (χ3n) is 2.72. The van der Waals surface area contributed by atoms with E-state index in [1.54, 1.807) is 13.0 Å². The predicted molar refractivity (Wildman–Crippen MR) is 77.8 cm³/mol. The fourth-order valence-corrected chi connectivity index (χ4v) is 3.15. The van der Waals surface area contributed by atoms with E-state index in [1.807, 2.05) is 0 Å². The first kappa shape index (κ1) is 14.6. The molecule has 7 heteroatoms. The SMILES string of the molecule is Cc1cccc(F)c1NS(=O)(=O)c1ccc(Cl)cc1N. The maximum atomic E-state index is 13.7. The third-order valence-corrected chi connectivity index (χ3v) is 4.38. The number of halogens is 2. The molecule has 0 spiro atoms. The number of benzene rings is 2. The van der Waals surface area contributed by atoms with Crippen LogP contribution in [0.4, 0.5) is 15.8 Å². The number of nitrogen functional groups attached to an aromatic ring is 1. The number of rotatable bonds is 3. The lowest BCUT2D eigenvalue weighted by Gasteiger charge is -2.12. The second-order valence-electron chi connectivity index (χ2n) is 4.22. The highest BCUT2D eigenvalue weighted by Crippen LogP contribution is 2.27. The molecule has 2 rings (SSSR count). The van der Waals surface area contributed by atoms with Gasteiger partial charge in [-0.15, -0.1) is 0 Å². The minimum atomic E-state index is -3.98. The first-order chi connectivity index (χ1) is 9.31. The Balaban J connectivity index is 2.46. The van der Waals surface area contributed by atoms with E-state index in [2.05, 4.69) is 4.72 Å². The van der Waals surface area contributed by atoms with Crippen molar-refractivity contribution >= 4 is 33.0 Å². The summed E-state index contributed by atoms with van der Waals surface area (Å²) in [6.45, 7) is 1.60. The molecule has 2 aromatic rings. The molecule has 0 fully saturated rings.